The number of anilines is 1. The lowest BCUT2D eigenvalue weighted by Crippen LogP contribution is -2.45. The zero-order valence-corrected chi connectivity index (χ0v) is 20.9. The van der Waals surface area contributed by atoms with Crippen LogP contribution in [0.2, 0.25) is 0 Å². The molecule has 3 aromatic rings. The van der Waals surface area contributed by atoms with Crippen LogP contribution in [-0.4, -0.2) is 55.7 Å². The third-order valence-corrected chi connectivity index (χ3v) is 6.50. The molecule has 37 heavy (non-hydrogen) atoms. The van der Waals surface area contributed by atoms with Crippen LogP contribution >= 0.6 is 0 Å². The molecule has 0 saturated heterocycles. The number of hydrogen-bond acceptors (Lipinski definition) is 5. The van der Waals surface area contributed by atoms with Crippen molar-refractivity contribution in [1.82, 2.24) is 24.6 Å². The monoisotopic (exact) mass is 512 g/mol. The van der Waals surface area contributed by atoms with Crippen molar-refractivity contribution in [2.75, 3.05) is 12.4 Å². The Morgan fingerprint density at radius 2 is 1.86 bits per heavy atom. The first-order valence-electron chi connectivity index (χ1n) is 11.7. The van der Waals surface area contributed by atoms with Crippen LogP contribution in [0.3, 0.4) is 0 Å². The maximum atomic E-state index is 12.9. The highest BCUT2D eigenvalue weighted by Crippen LogP contribution is 2.32. The summed E-state index contributed by atoms with van der Waals surface area (Å²) >= 11 is 0. The van der Waals surface area contributed by atoms with Crippen LogP contribution in [0.1, 0.15) is 52.1 Å². The fourth-order valence-electron chi connectivity index (χ4n) is 4.38. The van der Waals surface area contributed by atoms with E-state index < -0.39 is 18.1 Å². The first kappa shape index (κ1) is 26.1. The molecule has 0 bridgehead atoms. The number of aryl methyl sites for hydroxylation is 2. The van der Waals surface area contributed by atoms with Crippen molar-refractivity contribution in [2.45, 2.75) is 52.3 Å². The minimum Gasteiger partial charge on any atom is -0.335 e. The summed E-state index contributed by atoms with van der Waals surface area (Å²) in [7, 11) is 1.18. The molecule has 1 aliphatic carbocycles. The van der Waals surface area contributed by atoms with Crippen molar-refractivity contribution >= 4 is 23.1 Å². The third kappa shape index (κ3) is 5.55. The molecule has 2 amide bonds. The number of rotatable bonds is 5. The summed E-state index contributed by atoms with van der Waals surface area (Å²) in [4.78, 5) is 34.1. The zero-order chi connectivity index (χ0) is 26.9. The number of nitrogens with one attached hydrogen (secondary N) is 1. The van der Waals surface area contributed by atoms with Gasteiger partial charge in [0.2, 0.25) is 0 Å². The predicted octanol–water partition coefficient (Wildman–Crippen LogP) is 4.80. The van der Waals surface area contributed by atoms with Gasteiger partial charge < -0.3 is 10.2 Å². The van der Waals surface area contributed by atoms with Crippen molar-refractivity contribution in [3.8, 4) is 5.82 Å². The summed E-state index contributed by atoms with van der Waals surface area (Å²) in [6, 6.07) is 5.03. The van der Waals surface area contributed by atoms with Crippen LogP contribution in [0.15, 0.2) is 42.9 Å². The third-order valence-electron chi connectivity index (χ3n) is 6.50. The quantitative estimate of drug-likeness (QED) is 0.530. The Morgan fingerprint density at radius 1 is 1.11 bits per heavy atom. The molecule has 194 valence electrons. The Balaban J connectivity index is 1.44. The number of pyridine rings is 2. The van der Waals surface area contributed by atoms with Gasteiger partial charge in [-0.15, -0.1) is 0 Å². The molecule has 0 aromatic carbocycles. The summed E-state index contributed by atoms with van der Waals surface area (Å²) in [5.41, 5.74) is 5.02. The molecule has 0 radical (unpaired) electrons. The molecule has 0 saturated carbocycles. The highest BCUT2D eigenvalue weighted by Gasteiger charge is 2.43. The van der Waals surface area contributed by atoms with Crippen molar-refractivity contribution in [2.24, 2.45) is 0 Å². The molecule has 1 atom stereocenters. The number of amides is 2. The van der Waals surface area contributed by atoms with E-state index in [1.807, 2.05) is 32.1 Å². The van der Waals surface area contributed by atoms with Crippen molar-refractivity contribution in [3.63, 3.8) is 0 Å². The number of hydrogen-bond donors (Lipinski definition) is 1. The topological polar surface area (TPSA) is 93.0 Å². The molecule has 0 spiro atoms. The smallest absolute Gasteiger partial charge is 0.335 e. The number of nitrogens with zero attached hydrogens (tertiary/aromatic N) is 5. The van der Waals surface area contributed by atoms with E-state index >= 15 is 0 Å². The molecule has 0 fully saturated rings. The van der Waals surface area contributed by atoms with Gasteiger partial charge in [-0.2, -0.15) is 18.3 Å². The Hall–Kier alpha value is -4.02. The molecule has 8 nitrogen and oxygen atoms in total. The van der Waals surface area contributed by atoms with E-state index in [0.29, 0.717) is 42.0 Å². The van der Waals surface area contributed by atoms with Gasteiger partial charge in [0.05, 0.1) is 35.0 Å². The summed E-state index contributed by atoms with van der Waals surface area (Å²) < 4.78 is 39.8. The number of carbonyl (C=O) groups is 2. The van der Waals surface area contributed by atoms with Gasteiger partial charge in [0.15, 0.2) is 5.82 Å². The molecule has 1 aliphatic rings. The maximum absolute atomic E-state index is 12.9. The summed E-state index contributed by atoms with van der Waals surface area (Å²) in [5, 5.41) is 7.14. The van der Waals surface area contributed by atoms with Crippen molar-refractivity contribution in [1.29, 1.82) is 0 Å². The van der Waals surface area contributed by atoms with E-state index in [0.717, 1.165) is 27.3 Å². The molecular formula is C26H27F3N6O2. The Bertz CT molecular complexity index is 1360. The van der Waals surface area contributed by atoms with Crippen molar-refractivity contribution in [3.05, 3.63) is 70.9 Å². The van der Waals surface area contributed by atoms with Gasteiger partial charge in [0, 0.05) is 19.3 Å². The largest absolute Gasteiger partial charge is 0.471 e. The van der Waals surface area contributed by atoms with E-state index in [9.17, 15) is 22.8 Å². The Labute approximate surface area is 212 Å². The molecular weight excluding hydrogens is 485 g/mol. The molecule has 11 heteroatoms. The SMILES string of the molecule is Cc1ccc(-n2ncc(C(=O)Nc3cnc(C4=CCC(N(C)C(=O)C(F)(F)F)CC4)c(C)c3)c2C)nc1. The standard InChI is InChI=1S/C26H27F3N6O2/c1-15-5-10-22(30-12-15)35-17(3)21(14-32-35)24(36)33-19-11-16(2)23(31-13-19)18-6-8-20(9-7-18)34(4)25(37)26(27,28)29/h5-6,10-14,20H,7-9H2,1-4H3,(H,33,36). The summed E-state index contributed by atoms with van der Waals surface area (Å²) in [6.45, 7) is 5.59. The molecule has 1 unspecified atom stereocenters. The number of aromatic nitrogens is 4. The minimum absolute atomic E-state index is 0.312. The number of carbonyl (C=O) groups excluding carboxylic acids is 2. The van der Waals surface area contributed by atoms with Crippen LogP contribution in [0.4, 0.5) is 18.9 Å². The second kappa shape index (κ2) is 10.2. The van der Waals surface area contributed by atoms with E-state index in [-0.39, 0.29) is 5.91 Å². The normalized spacial score (nSPS) is 15.8. The first-order valence-corrected chi connectivity index (χ1v) is 11.7. The molecule has 4 rings (SSSR count). The second-order valence-corrected chi connectivity index (χ2v) is 9.16. The fraction of sp³-hybridized carbons (Fsp3) is 0.346. The van der Waals surface area contributed by atoms with Crippen LogP contribution < -0.4 is 5.32 Å². The van der Waals surface area contributed by atoms with Crippen LogP contribution in [0, 0.1) is 20.8 Å². The van der Waals surface area contributed by atoms with Gasteiger partial charge in [-0.05, 0) is 68.9 Å². The van der Waals surface area contributed by atoms with Crippen molar-refractivity contribution < 1.29 is 22.8 Å². The van der Waals surface area contributed by atoms with E-state index in [4.69, 9.17) is 0 Å². The average molecular weight is 513 g/mol. The second-order valence-electron chi connectivity index (χ2n) is 9.16. The fourth-order valence-corrected chi connectivity index (χ4v) is 4.38. The van der Waals surface area contributed by atoms with Gasteiger partial charge in [-0.25, -0.2) is 9.67 Å². The average Bonchev–Trinajstić information content (AvgIpc) is 3.24. The number of alkyl halides is 3. The maximum Gasteiger partial charge on any atom is 0.471 e. The van der Waals surface area contributed by atoms with Gasteiger partial charge in [-0.3, -0.25) is 14.6 Å². The highest BCUT2D eigenvalue weighted by atomic mass is 19.4. The van der Waals surface area contributed by atoms with E-state index in [2.05, 4.69) is 20.4 Å². The predicted molar refractivity (Wildman–Crippen MR) is 132 cm³/mol. The van der Waals surface area contributed by atoms with E-state index in [1.165, 1.54) is 13.2 Å². The van der Waals surface area contributed by atoms with Gasteiger partial charge >= 0.3 is 12.1 Å². The number of allylic oxidation sites excluding steroid dienone is 1. The molecule has 0 aliphatic heterocycles. The number of halogens is 3. The lowest BCUT2D eigenvalue weighted by Gasteiger charge is -2.31. The zero-order valence-electron chi connectivity index (χ0n) is 20.9. The first-order chi connectivity index (χ1) is 17.5. The minimum atomic E-state index is -4.88. The molecule has 1 N–H and O–H groups in total. The highest BCUT2D eigenvalue weighted by molar-refractivity contribution is 6.05. The van der Waals surface area contributed by atoms with Crippen LogP contribution in [0.25, 0.3) is 11.4 Å². The van der Waals surface area contributed by atoms with Crippen LogP contribution in [-0.2, 0) is 4.79 Å². The van der Waals surface area contributed by atoms with Gasteiger partial charge in [-0.1, -0.05) is 12.1 Å². The summed E-state index contributed by atoms with van der Waals surface area (Å²) in [5.74, 6) is -1.55. The van der Waals surface area contributed by atoms with Crippen LogP contribution in [0.5, 0.6) is 0 Å². The molecule has 3 aromatic heterocycles. The Kier molecular flexibility index (Phi) is 7.15. The lowest BCUT2D eigenvalue weighted by molar-refractivity contribution is -0.186. The summed E-state index contributed by atoms with van der Waals surface area (Å²) in [6.07, 6.45) is 2.93. The van der Waals surface area contributed by atoms with E-state index in [1.54, 1.807) is 30.1 Å². The molecule has 3 heterocycles. The van der Waals surface area contributed by atoms with Gasteiger partial charge in [0.1, 0.15) is 0 Å². The lowest BCUT2D eigenvalue weighted by atomic mass is 9.90. The van der Waals surface area contributed by atoms with Gasteiger partial charge in [0.25, 0.3) is 5.91 Å². The Morgan fingerprint density at radius 3 is 2.46 bits per heavy atom.